The molecule has 0 fully saturated rings. The van der Waals surface area contributed by atoms with Gasteiger partial charge in [-0.1, -0.05) is 28.1 Å². The minimum atomic E-state index is -1.16. The molecular weight excluding hydrogens is 408 g/mol. The number of hydrogen-bond acceptors (Lipinski definition) is 4. The average Bonchev–Trinajstić information content (AvgIpc) is 2.56. The average molecular weight is 430 g/mol. The molecule has 0 saturated heterocycles. The summed E-state index contributed by atoms with van der Waals surface area (Å²) in [5.74, 6) is 0.870. The van der Waals surface area contributed by atoms with Crippen molar-refractivity contribution in [3.8, 4) is 11.5 Å². The molecule has 5 nitrogen and oxygen atoms in total. The Balaban J connectivity index is 0.00000312. The SMILES string of the molecule is CCOc1ccc(NC(=O)C(C)(N)c2ccc(Br)cc2)cc1OC.Cl. The van der Waals surface area contributed by atoms with Gasteiger partial charge in [-0.15, -0.1) is 12.4 Å². The van der Waals surface area contributed by atoms with Crippen LogP contribution in [0, 0.1) is 0 Å². The van der Waals surface area contributed by atoms with Crippen molar-refractivity contribution >= 4 is 39.9 Å². The predicted molar refractivity (Wildman–Crippen MR) is 106 cm³/mol. The van der Waals surface area contributed by atoms with Crippen LogP contribution in [0.2, 0.25) is 0 Å². The van der Waals surface area contributed by atoms with Gasteiger partial charge in [0.15, 0.2) is 11.5 Å². The Morgan fingerprint density at radius 3 is 2.40 bits per heavy atom. The van der Waals surface area contributed by atoms with E-state index in [1.165, 1.54) is 0 Å². The van der Waals surface area contributed by atoms with E-state index in [0.717, 1.165) is 10.0 Å². The molecule has 0 saturated carbocycles. The fraction of sp³-hybridized carbons (Fsp3) is 0.278. The number of rotatable bonds is 6. The van der Waals surface area contributed by atoms with Crippen molar-refractivity contribution < 1.29 is 14.3 Å². The number of amides is 1. The zero-order valence-corrected chi connectivity index (χ0v) is 16.7. The largest absolute Gasteiger partial charge is 0.493 e. The number of methoxy groups -OCH3 is 1. The molecule has 0 spiro atoms. The Hall–Kier alpha value is -1.76. The lowest BCUT2D eigenvalue weighted by Gasteiger charge is -2.24. The normalized spacial score (nSPS) is 12.5. The van der Waals surface area contributed by atoms with Crippen molar-refractivity contribution in [1.29, 1.82) is 0 Å². The highest BCUT2D eigenvalue weighted by Crippen LogP contribution is 2.31. The molecule has 136 valence electrons. The first kappa shape index (κ1) is 21.3. The number of anilines is 1. The van der Waals surface area contributed by atoms with Gasteiger partial charge >= 0.3 is 0 Å². The molecule has 0 bridgehead atoms. The van der Waals surface area contributed by atoms with Gasteiger partial charge in [-0.3, -0.25) is 4.79 Å². The van der Waals surface area contributed by atoms with E-state index in [1.54, 1.807) is 32.2 Å². The summed E-state index contributed by atoms with van der Waals surface area (Å²) < 4.78 is 11.7. The Kier molecular flexibility index (Phi) is 7.73. The van der Waals surface area contributed by atoms with Gasteiger partial charge in [-0.05, 0) is 43.7 Å². The molecule has 0 aliphatic rings. The standard InChI is InChI=1S/C18H21BrN2O3.ClH/c1-4-24-15-10-9-14(11-16(15)23-3)21-17(22)18(2,20)12-5-7-13(19)8-6-12;/h5-11H,4,20H2,1-3H3,(H,21,22);1H. The van der Waals surface area contributed by atoms with Crippen molar-refractivity contribution in [1.82, 2.24) is 0 Å². The number of carbonyl (C=O) groups excluding carboxylic acids is 1. The predicted octanol–water partition coefficient (Wildman–Crippen LogP) is 4.09. The number of ether oxygens (including phenoxy) is 2. The molecule has 0 heterocycles. The van der Waals surface area contributed by atoms with Crippen LogP contribution in [-0.2, 0) is 10.3 Å². The fourth-order valence-electron chi connectivity index (χ4n) is 2.21. The Morgan fingerprint density at radius 1 is 1.20 bits per heavy atom. The van der Waals surface area contributed by atoms with Gasteiger partial charge in [-0.2, -0.15) is 0 Å². The van der Waals surface area contributed by atoms with Crippen molar-refractivity contribution in [2.45, 2.75) is 19.4 Å². The quantitative estimate of drug-likeness (QED) is 0.725. The smallest absolute Gasteiger partial charge is 0.248 e. The first-order chi connectivity index (χ1) is 11.4. The number of hydrogen-bond donors (Lipinski definition) is 2. The lowest BCUT2D eigenvalue weighted by molar-refractivity contribution is -0.120. The second-order valence-electron chi connectivity index (χ2n) is 5.46. The summed E-state index contributed by atoms with van der Waals surface area (Å²) in [6, 6.07) is 12.6. The third kappa shape index (κ3) is 5.11. The summed E-state index contributed by atoms with van der Waals surface area (Å²) in [6.07, 6.45) is 0. The van der Waals surface area contributed by atoms with Gasteiger partial charge in [-0.25, -0.2) is 0 Å². The maximum atomic E-state index is 12.6. The van der Waals surface area contributed by atoms with Crippen LogP contribution in [0.1, 0.15) is 19.4 Å². The molecule has 0 aliphatic carbocycles. The molecule has 2 aromatic carbocycles. The molecular formula is C18H22BrClN2O3. The van der Waals surface area contributed by atoms with Crippen LogP contribution in [0.5, 0.6) is 11.5 Å². The molecule has 0 radical (unpaired) electrons. The summed E-state index contributed by atoms with van der Waals surface area (Å²) in [6.45, 7) is 4.11. The van der Waals surface area contributed by atoms with E-state index < -0.39 is 5.54 Å². The second kappa shape index (κ2) is 9.08. The molecule has 1 amide bonds. The van der Waals surface area contributed by atoms with Crippen LogP contribution in [0.3, 0.4) is 0 Å². The van der Waals surface area contributed by atoms with Crippen LogP contribution in [-0.4, -0.2) is 19.6 Å². The molecule has 3 N–H and O–H groups in total. The van der Waals surface area contributed by atoms with Crippen LogP contribution < -0.4 is 20.5 Å². The van der Waals surface area contributed by atoms with Gasteiger partial charge in [0.25, 0.3) is 0 Å². The van der Waals surface area contributed by atoms with Crippen LogP contribution in [0.4, 0.5) is 5.69 Å². The molecule has 25 heavy (non-hydrogen) atoms. The molecule has 7 heteroatoms. The van der Waals surface area contributed by atoms with E-state index >= 15 is 0 Å². The molecule has 1 atom stereocenters. The number of carbonyl (C=O) groups is 1. The van der Waals surface area contributed by atoms with Crippen molar-refractivity contribution in [3.63, 3.8) is 0 Å². The van der Waals surface area contributed by atoms with E-state index in [-0.39, 0.29) is 18.3 Å². The number of halogens is 2. The van der Waals surface area contributed by atoms with Crippen LogP contribution in [0.25, 0.3) is 0 Å². The number of nitrogens with two attached hydrogens (primary N) is 1. The second-order valence-corrected chi connectivity index (χ2v) is 6.38. The topological polar surface area (TPSA) is 73.6 Å². The zero-order valence-electron chi connectivity index (χ0n) is 14.3. The molecule has 0 aliphatic heterocycles. The van der Waals surface area contributed by atoms with E-state index in [0.29, 0.717) is 23.8 Å². The lowest BCUT2D eigenvalue weighted by atomic mass is 9.92. The third-order valence-corrected chi connectivity index (χ3v) is 4.17. The van der Waals surface area contributed by atoms with E-state index in [1.807, 2.05) is 31.2 Å². The van der Waals surface area contributed by atoms with Gasteiger partial charge in [0, 0.05) is 16.2 Å². The summed E-state index contributed by atoms with van der Waals surface area (Å²) in [5.41, 5.74) is 6.40. The minimum Gasteiger partial charge on any atom is -0.493 e. The van der Waals surface area contributed by atoms with Crippen LogP contribution in [0.15, 0.2) is 46.9 Å². The minimum absolute atomic E-state index is 0. The zero-order chi connectivity index (χ0) is 17.7. The van der Waals surface area contributed by atoms with Gasteiger partial charge in [0.05, 0.1) is 13.7 Å². The molecule has 2 aromatic rings. The summed E-state index contributed by atoms with van der Waals surface area (Å²) in [5, 5.41) is 2.83. The summed E-state index contributed by atoms with van der Waals surface area (Å²) >= 11 is 3.37. The van der Waals surface area contributed by atoms with Crippen molar-refractivity contribution in [3.05, 3.63) is 52.5 Å². The van der Waals surface area contributed by atoms with Crippen LogP contribution >= 0.6 is 28.3 Å². The first-order valence-corrected chi connectivity index (χ1v) is 8.35. The van der Waals surface area contributed by atoms with E-state index in [2.05, 4.69) is 21.2 Å². The van der Waals surface area contributed by atoms with Gasteiger partial charge < -0.3 is 20.5 Å². The highest BCUT2D eigenvalue weighted by molar-refractivity contribution is 9.10. The maximum absolute atomic E-state index is 12.6. The van der Waals surface area contributed by atoms with E-state index in [9.17, 15) is 4.79 Å². The Morgan fingerprint density at radius 2 is 1.84 bits per heavy atom. The maximum Gasteiger partial charge on any atom is 0.248 e. The highest BCUT2D eigenvalue weighted by atomic mass is 79.9. The van der Waals surface area contributed by atoms with Crippen molar-refractivity contribution in [2.75, 3.05) is 19.0 Å². The fourth-order valence-corrected chi connectivity index (χ4v) is 2.47. The highest BCUT2D eigenvalue weighted by Gasteiger charge is 2.30. The summed E-state index contributed by atoms with van der Waals surface area (Å²) in [4.78, 5) is 12.6. The number of benzene rings is 2. The Bertz CT molecular complexity index is 721. The molecule has 2 rings (SSSR count). The first-order valence-electron chi connectivity index (χ1n) is 7.55. The summed E-state index contributed by atoms with van der Waals surface area (Å²) in [7, 11) is 1.55. The van der Waals surface area contributed by atoms with E-state index in [4.69, 9.17) is 15.2 Å². The van der Waals surface area contributed by atoms with Gasteiger partial charge in [0.1, 0.15) is 5.54 Å². The Labute approximate surface area is 162 Å². The monoisotopic (exact) mass is 428 g/mol. The van der Waals surface area contributed by atoms with Crippen molar-refractivity contribution in [2.24, 2.45) is 5.73 Å². The molecule has 0 aromatic heterocycles. The number of nitrogens with one attached hydrogen (secondary N) is 1. The molecule has 1 unspecified atom stereocenters. The third-order valence-electron chi connectivity index (χ3n) is 3.64. The van der Waals surface area contributed by atoms with Gasteiger partial charge in [0.2, 0.25) is 5.91 Å². The lowest BCUT2D eigenvalue weighted by Crippen LogP contribution is -2.45.